The lowest BCUT2D eigenvalue weighted by molar-refractivity contribution is -0.150. The Kier molecular flexibility index (Phi) is 7.82. The largest absolute Gasteiger partial charge is 0.490 e. The van der Waals surface area contributed by atoms with E-state index in [1.54, 1.807) is 43.5 Å². The van der Waals surface area contributed by atoms with Crippen molar-refractivity contribution in [3.05, 3.63) is 48.6 Å². The first-order valence-electron chi connectivity index (χ1n) is 9.37. The topological polar surface area (TPSA) is 79.6 Å². The van der Waals surface area contributed by atoms with Crippen LogP contribution in [0.5, 0.6) is 5.75 Å². The van der Waals surface area contributed by atoms with Gasteiger partial charge in [-0.2, -0.15) is 5.26 Å². The fraction of sp³-hybridized carbons (Fsp3) is 0.409. The molecule has 0 saturated heterocycles. The van der Waals surface area contributed by atoms with Gasteiger partial charge in [-0.05, 0) is 36.6 Å². The zero-order chi connectivity index (χ0) is 20.4. The number of esters is 1. The van der Waals surface area contributed by atoms with Crippen LogP contribution in [0.1, 0.15) is 37.7 Å². The average Bonchev–Trinajstić information content (AvgIpc) is 2.75. The molecular weight excluding hydrogens is 356 g/mol. The number of carbonyl (C=O) groups excluding carboxylic acids is 2. The first-order valence-corrected chi connectivity index (χ1v) is 9.37. The summed E-state index contributed by atoms with van der Waals surface area (Å²) >= 11 is 0. The molecule has 1 aromatic carbocycles. The number of nitrogens with zero attached hydrogens (tertiary/aromatic N) is 2. The second kappa shape index (κ2) is 10.3. The molecule has 0 spiro atoms. The molecule has 28 heavy (non-hydrogen) atoms. The number of rotatable bonds is 8. The highest BCUT2D eigenvalue weighted by atomic mass is 16.5. The van der Waals surface area contributed by atoms with Crippen LogP contribution >= 0.6 is 0 Å². The fourth-order valence-electron chi connectivity index (χ4n) is 3.17. The lowest BCUT2D eigenvalue weighted by Crippen LogP contribution is -2.51. The van der Waals surface area contributed by atoms with Gasteiger partial charge in [0.15, 0.2) is 6.61 Å². The molecule has 0 N–H and O–H groups in total. The Morgan fingerprint density at radius 1 is 1.25 bits per heavy atom. The second-order valence-corrected chi connectivity index (χ2v) is 6.77. The van der Waals surface area contributed by atoms with Gasteiger partial charge in [0, 0.05) is 13.1 Å². The van der Waals surface area contributed by atoms with Crippen LogP contribution in [0.2, 0.25) is 0 Å². The van der Waals surface area contributed by atoms with Gasteiger partial charge in [-0.1, -0.05) is 44.1 Å². The van der Waals surface area contributed by atoms with Crippen molar-refractivity contribution in [1.29, 1.82) is 5.26 Å². The minimum atomic E-state index is -0.785. The Balaban J connectivity index is 1.84. The van der Waals surface area contributed by atoms with Gasteiger partial charge in [0.2, 0.25) is 0 Å². The minimum Gasteiger partial charge on any atom is -0.490 e. The summed E-state index contributed by atoms with van der Waals surface area (Å²) in [7, 11) is 1.61. The third-order valence-corrected chi connectivity index (χ3v) is 4.90. The number of ether oxygens (including phenoxy) is 2. The van der Waals surface area contributed by atoms with E-state index in [9.17, 15) is 14.9 Å². The van der Waals surface area contributed by atoms with Crippen molar-refractivity contribution < 1.29 is 19.1 Å². The molecule has 0 aromatic heterocycles. The third-order valence-electron chi connectivity index (χ3n) is 4.90. The first-order chi connectivity index (χ1) is 13.5. The van der Waals surface area contributed by atoms with Gasteiger partial charge in [-0.15, -0.1) is 0 Å². The smallest absolute Gasteiger partial charge is 0.331 e. The Morgan fingerprint density at radius 3 is 2.54 bits per heavy atom. The van der Waals surface area contributed by atoms with Crippen LogP contribution in [0.4, 0.5) is 0 Å². The summed E-state index contributed by atoms with van der Waals surface area (Å²) < 4.78 is 10.4. The molecule has 0 bridgehead atoms. The highest BCUT2D eigenvalue weighted by Gasteiger charge is 2.38. The Labute approximate surface area is 166 Å². The van der Waals surface area contributed by atoms with Crippen LogP contribution in [-0.2, 0) is 14.3 Å². The summed E-state index contributed by atoms with van der Waals surface area (Å²) in [6, 6.07) is 9.48. The molecule has 1 aliphatic rings. The van der Waals surface area contributed by atoms with Gasteiger partial charge in [0.1, 0.15) is 17.9 Å². The molecule has 1 saturated carbocycles. The summed E-state index contributed by atoms with van der Waals surface area (Å²) in [6.07, 6.45) is 8.77. The molecule has 0 atom stereocenters. The van der Waals surface area contributed by atoms with Crippen molar-refractivity contribution >= 4 is 18.0 Å². The Bertz CT molecular complexity index is 756. The quantitative estimate of drug-likeness (QED) is 0.391. The van der Waals surface area contributed by atoms with E-state index in [0.29, 0.717) is 25.2 Å². The number of benzene rings is 1. The Hall–Kier alpha value is -3.07. The van der Waals surface area contributed by atoms with E-state index >= 15 is 0 Å². The number of carbonyl (C=O) groups is 2. The van der Waals surface area contributed by atoms with Crippen LogP contribution in [0, 0.1) is 11.3 Å². The summed E-state index contributed by atoms with van der Waals surface area (Å²) in [5.74, 6) is -0.264. The average molecular weight is 382 g/mol. The predicted octanol–water partition coefficient (Wildman–Crippen LogP) is 3.49. The van der Waals surface area contributed by atoms with Gasteiger partial charge in [0.25, 0.3) is 5.91 Å². The van der Waals surface area contributed by atoms with E-state index in [2.05, 4.69) is 12.6 Å². The molecule has 148 valence electrons. The van der Waals surface area contributed by atoms with Crippen molar-refractivity contribution in [2.75, 3.05) is 20.3 Å². The molecule has 2 rings (SSSR count). The highest BCUT2D eigenvalue weighted by molar-refractivity contribution is 5.89. The highest BCUT2D eigenvalue weighted by Crippen LogP contribution is 2.32. The molecule has 1 aromatic rings. The number of nitriles is 1. The maximum Gasteiger partial charge on any atom is 0.331 e. The molecule has 1 aliphatic carbocycles. The summed E-state index contributed by atoms with van der Waals surface area (Å²) in [4.78, 5) is 25.7. The molecule has 6 nitrogen and oxygen atoms in total. The maximum absolute atomic E-state index is 12.4. The van der Waals surface area contributed by atoms with Gasteiger partial charge < -0.3 is 14.4 Å². The molecule has 1 fully saturated rings. The van der Waals surface area contributed by atoms with E-state index in [1.165, 1.54) is 11.0 Å². The second-order valence-electron chi connectivity index (χ2n) is 6.77. The van der Waals surface area contributed by atoms with Crippen LogP contribution in [0.15, 0.2) is 43.0 Å². The van der Waals surface area contributed by atoms with Gasteiger partial charge >= 0.3 is 5.97 Å². The van der Waals surface area contributed by atoms with Crippen LogP contribution in [0.25, 0.3) is 6.08 Å². The van der Waals surface area contributed by atoms with E-state index in [0.717, 1.165) is 24.8 Å². The lowest BCUT2D eigenvalue weighted by atomic mass is 9.81. The first kappa shape index (κ1) is 21.2. The van der Waals surface area contributed by atoms with Crippen LogP contribution < -0.4 is 4.74 Å². The molecule has 1 amide bonds. The number of likely N-dealkylation sites (N-methyl/N-ethyl adjacent to an activating group) is 1. The summed E-state index contributed by atoms with van der Waals surface area (Å²) in [6.45, 7) is 3.64. The fourth-order valence-corrected chi connectivity index (χ4v) is 3.17. The Morgan fingerprint density at radius 2 is 1.93 bits per heavy atom. The maximum atomic E-state index is 12.4. The summed E-state index contributed by atoms with van der Waals surface area (Å²) in [5.41, 5.74) is 0.0180. The van der Waals surface area contributed by atoms with Crippen LogP contribution in [0.3, 0.4) is 0 Å². The van der Waals surface area contributed by atoms with E-state index in [1.807, 2.05) is 0 Å². The number of hydrogen-bond acceptors (Lipinski definition) is 5. The normalized spacial score (nSPS) is 15.4. The van der Waals surface area contributed by atoms with E-state index in [-0.39, 0.29) is 12.5 Å². The molecule has 6 heteroatoms. The number of hydrogen-bond donors (Lipinski definition) is 0. The SMILES string of the molecule is C=CCOc1ccc(/C=C/C(=O)OCC(=O)N(C)C2(C#N)CCCCC2)cc1. The van der Waals surface area contributed by atoms with E-state index < -0.39 is 11.5 Å². The van der Waals surface area contributed by atoms with Gasteiger partial charge in [-0.25, -0.2) is 4.79 Å². The zero-order valence-electron chi connectivity index (χ0n) is 16.2. The standard InChI is InChI=1S/C22H26N2O4/c1-3-15-27-19-10-7-18(8-11-19)9-12-21(26)28-16-20(25)24(2)22(17-23)13-5-4-6-14-22/h3,7-12H,1,4-6,13-16H2,2H3/b12-9+. The van der Waals surface area contributed by atoms with Crippen molar-refractivity contribution in [2.45, 2.75) is 37.6 Å². The molecule has 0 heterocycles. The summed E-state index contributed by atoms with van der Waals surface area (Å²) in [5, 5.41) is 9.54. The molecule has 0 unspecified atom stereocenters. The number of amides is 1. The van der Waals surface area contributed by atoms with Crippen molar-refractivity contribution in [3.63, 3.8) is 0 Å². The molecule has 0 aliphatic heterocycles. The minimum absolute atomic E-state index is 0.367. The predicted molar refractivity (Wildman–Crippen MR) is 106 cm³/mol. The van der Waals surface area contributed by atoms with Crippen molar-refractivity contribution in [1.82, 2.24) is 4.90 Å². The van der Waals surface area contributed by atoms with Gasteiger partial charge in [0.05, 0.1) is 6.07 Å². The van der Waals surface area contributed by atoms with Crippen LogP contribution in [-0.4, -0.2) is 42.6 Å². The zero-order valence-corrected chi connectivity index (χ0v) is 16.2. The molecular formula is C22H26N2O4. The monoisotopic (exact) mass is 382 g/mol. The van der Waals surface area contributed by atoms with Crippen molar-refractivity contribution in [2.24, 2.45) is 0 Å². The molecule has 0 radical (unpaired) electrons. The van der Waals surface area contributed by atoms with Crippen molar-refractivity contribution in [3.8, 4) is 11.8 Å². The van der Waals surface area contributed by atoms with Gasteiger partial charge in [-0.3, -0.25) is 4.79 Å². The lowest BCUT2D eigenvalue weighted by Gasteiger charge is -2.38. The third kappa shape index (κ3) is 5.71. The van der Waals surface area contributed by atoms with E-state index in [4.69, 9.17) is 9.47 Å².